The minimum atomic E-state index is -5.28. The van der Waals surface area contributed by atoms with E-state index in [9.17, 15) is 32.3 Å². The molecule has 2 heterocycles. The van der Waals surface area contributed by atoms with Gasteiger partial charge in [0, 0.05) is 18.2 Å². The second-order valence-corrected chi connectivity index (χ2v) is 8.41. The lowest BCUT2D eigenvalue weighted by Crippen LogP contribution is -2.45. The Kier molecular flexibility index (Phi) is 8.10. The quantitative estimate of drug-likeness (QED) is 0.284. The number of halogens is 3. The molecule has 1 aliphatic rings. The lowest BCUT2D eigenvalue weighted by Gasteiger charge is -2.23. The average molecular weight is 508 g/mol. The van der Waals surface area contributed by atoms with Crippen LogP contribution in [0.25, 0.3) is 0 Å². The van der Waals surface area contributed by atoms with Gasteiger partial charge in [0.05, 0.1) is 16.1 Å². The van der Waals surface area contributed by atoms with Crippen LogP contribution in [0.2, 0.25) is 0 Å². The van der Waals surface area contributed by atoms with E-state index < -0.39 is 24.1 Å². The number of hydrogen-bond acceptors (Lipinski definition) is 7. The molecular formula is C22H19F3N4O5S. The van der Waals surface area contributed by atoms with Crippen molar-refractivity contribution in [1.29, 1.82) is 0 Å². The second kappa shape index (κ2) is 11.0. The zero-order valence-electron chi connectivity index (χ0n) is 18.0. The first kappa shape index (κ1) is 25.7. The molecule has 0 saturated carbocycles. The zero-order valence-corrected chi connectivity index (χ0v) is 18.8. The first-order chi connectivity index (χ1) is 16.5. The molecule has 184 valence electrons. The summed E-state index contributed by atoms with van der Waals surface area (Å²) < 4.78 is 40.4. The van der Waals surface area contributed by atoms with Crippen molar-refractivity contribution in [1.82, 2.24) is 10.6 Å². The van der Waals surface area contributed by atoms with Crippen molar-refractivity contribution in [2.24, 2.45) is 5.73 Å². The number of benzene rings is 1. The molecular weight excluding hydrogens is 489 g/mol. The molecule has 13 heteroatoms. The highest BCUT2D eigenvalue weighted by Gasteiger charge is 2.42. The predicted molar refractivity (Wildman–Crippen MR) is 120 cm³/mol. The summed E-state index contributed by atoms with van der Waals surface area (Å²) in [7, 11) is 0. The summed E-state index contributed by atoms with van der Waals surface area (Å²) >= 11 is 1.04. The molecule has 9 nitrogen and oxygen atoms in total. The molecule has 0 aliphatic carbocycles. The molecule has 1 saturated heterocycles. The maximum Gasteiger partial charge on any atom is 0.491 e. The smallest absolute Gasteiger partial charge is 0.383 e. The Morgan fingerprint density at radius 1 is 1.14 bits per heavy atom. The Morgan fingerprint density at radius 2 is 1.86 bits per heavy atom. The normalized spacial score (nSPS) is 15.3. The van der Waals surface area contributed by atoms with Crippen LogP contribution < -0.4 is 21.7 Å². The Morgan fingerprint density at radius 3 is 2.46 bits per heavy atom. The number of amides is 3. The van der Waals surface area contributed by atoms with Crippen LogP contribution in [0.3, 0.4) is 0 Å². The number of piperidine rings is 1. The van der Waals surface area contributed by atoms with Gasteiger partial charge in [0.1, 0.15) is 4.88 Å². The van der Waals surface area contributed by atoms with E-state index in [-0.39, 0.29) is 28.1 Å². The molecule has 2 aromatic rings. The van der Waals surface area contributed by atoms with Crippen LogP contribution in [-0.2, 0) is 9.53 Å². The van der Waals surface area contributed by atoms with Crippen molar-refractivity contribution in [2.75, 3.05) is 18.4 Å². The number of carbonyl (C=O) groups is 4. The fourth-order valence-electron chi connectivity index (χ4n) is 3.10. The van der Waals surface area contributed by atoms with Gasteiger partial charge in [-0.15, -0.1) is 11.3 Å². The Hall–Kier alpha value is -3.89. The number of rotatable bonds is 4. The van der Waals surface area contributed by atoms with Gasteiger partial charge >= 0.3 is 24.1 Å². The number of urea groups is 1. The van der Waals surface area contributed by atoms with Gasteiger partial charge in [0.15, 0.2) is 0 Å². The van der Waals surface area contributed by atoms with E-state index in [1.807, 2.05) is 0 Å². The van der Waals surface area contributed by atoms with Gasteiger partial charge in [0.25, 0.3) is 5.91 Å². The summed E-state index contributed by atoms with van der Waals surface area (Å²) in [5.41, 5.74) is 5.53. The van der Waals surface area contributed by atoms with Gasteiger partial charge in [-0.2, -0.15) is 13.2 Å². The maximum absolute atomic E-state index is 12.7. The molecule has 1 aromatic carbocycles. The number of alkyl halides is 3. The lowest BCUT2D eigenvalue weighted by molar-refractivity contribution is -0.193. The first-order valence-electron chi connectivity index (χ1n) is 10.2. The van der Waals surface area contributed by atoms with Crippen molar-refractivity contribution in [3.8, 4) is 11.8 Å². The molecule has 5 N–H and O–H groups in total. The first-order valence-corrected chi connectivity index (χ1v) is 11.0. The molecule has 3 amide bonds. The van der Waals surface area contributed by atoms with Crippen LogP contribution in [-0.4, -0.2) is 49.2 Å². The predicted octanol–water partition coefficient (Wildman–Crippen LogP) is 2.37. The van der Waals surface area contributed by atoms with Gasteiger partial charge in [-0.1, -0.05) is 11.8 Å². The van der Waals surface area contributed by atoms with E-state index in [4.69, 9.17) is 5.73 Å². The summed E-state index contributed by atoms with van der Waals surface area (Å²) in [4.78, 5) is 47.2. The number of esters is 2. The van der Waals surface area contributed by atoms with Gasteiger partial charge in [-0.25, -0.2) is 14.4 Å². The summed E-state index contributed by atoms with van der Waals surface area (Å²) in [5.74, 6) is 1.17. The van der Waals surface area contributed by atoms with Crippen molar-refractivity contribution < 1.29 is 37.1 Å². The zero-order chi connectivity index (χ0) is 25.6. The van der Waals surface area contributed by atoms with Crippen molar-refractivity contribution in [3.63, 3.8) is 0 Å². The summed E-state index contributed by atoms with van der Waals surface area (Å²) in [5, 5.41) is 8.50. The highest BCUT2D eigenvalue weighted by molar-refractivity contribution is 7.15. The number of primary amides is 1. The molecule has 1 fully saturated rings. The molecule has 0 spiro atoms. The van der Waals surface area contributed by atoms with Gasteiger partial charge < -0.3 is 26.4 Å². The van der Waals surface area contributed by atoms with E-state index in [1.54, 1.807) is 0 Å². The van der Waals surface area contributed by atoms with E-state index >= 15 is 0 Å². The van der Waals surface area contributed by atoms with Crippen LogP contribution in [0.15, 0.2) is 30.3 Å². The van der Waals surface area contributed by atoms with E-state index in [0.29, 0.717) is 17.0 Å². The average Bonchev–Trinajstić information content (AvgIpc) is 3.20. The maximum atomic E-state index is 12.7. The Balaban J connectivity index is 1.73. The van der Waals surface area contributed by atoms with Gasteiger partial charge in [-0.3, -0.25) is 4.79 Å². The van der Waals surface area contributed by atoms with Crippen LogP contribution in [0.1, 0.15) is 43.3 Å². The summed E-state index contributed by atoms with van der Waals surface area (Å²) in [6.07, 6.45) is -3.54. The third-order valence-corrected chi connectivity index (χ3v) is 5.75. The summed E-state index contributed by atoms with van der Waals surface area (Å²) in [6.45, 7) is 1.52. The highest BCUT2D eigenvalue weighted by Crippen LogP contribution is 2.27. The van der Waals surface area contributed by atoms with Crippen LogP contribution in [0.4, 0.5) is 23.7 Å². The number of ether oxygens (including phenoxy) is 1. The van der Waals surface area contributed by atoms with Crippen LogP contribution in [0.5, 0.6) is 0 Å². The number of hydrogen-bond donors (Lipinski definition) is 4. The Bertz CT molecular complexity index is 1190. The van der Waals surface area contributed by atoms with Crippen LogP contribution in [0, 0.1) is 11.8 Å². The second-order valence-electron chi connectivity index (χ2n) is 7.36. The molecule has 3 rings (SSSR count). The summed E-state index contributed by atoms with van der Waals surface area (Å²) in [6, 6.07) is 5.60. The lowest BCUT2D eigenvalue weighted by atomic mass is 10.1. The molecule has 1 aliphatic heterocycles. The minimum absolute atomic E-state index is 0.0501. The van der Waals surface area contributed by atoms with Gasteiger partial charge in [-0.05, 0) is 49.7 Å². The SMILES string of the molecule is NC(=O)Nc1cc(C#Cc2ccc(C(=O)OC(=O)C(F)(F)F)cc2)sc1C(=O)N[C@H]1CCCNC1. The molecule has 0 bridgehead atoms. The Labute approximate surface area is 201 Å². The number of nitrogens with two attached hydrogens (primary N) is 1. The van der Waals surface area contributed by atoms with Gasteiger partial charge in [0.2, 0.25) is 0 Å². The van der Waals surface area contributed by atoms with Crippen molar-refractivity contribution >= 4 is 40.9 Å². The fourth-order valence-corrected chi connectivity index (χ4v) is 3.97. The molecule has 35 heavy (non-hydrogen) atoms. The molecule has 1 aromatic heterocycles. The third-order valence-electron chi connectivity index (χ3n) is 4.70. The standard InChI is InChI=1S/C22H19F3N4O5S/c23-22(24,25)20(32)34-19(31)13-6-3-12(4-7-13)5-8-15-10-16(29-21(26)33)17(35-15)18(30)28-14-2-1-9-27-11-14/h3-4,6-7,10,14,27H,1-2,9,11H2,(H,28,30)(H3,26,29,33)/t14-/m0/s1. The minimum Gasteiger partial charge on any atom is -0.383 e. The monoisotopic (exact) mass is 508 g/mol. The molecule has 0 radical (unpaired) electrons. The number of nitrogens with one attached hydrogen (secondary N) is 3. The number of anilines is 1. The number of carbonyl (C=O) groups excluding carboxylic acids is 4. The van der Waals surface area contributed by atoms with E-state index in [2.05, 4.69) is 32.5 Å². The van der Waals surface area contributed by atoms with E-state index in [1.165, 1.54) is 18.2 Å². The molecule has 0 unspecified atom stereocenters. The van der Waals surface area contributed by atoms with E-state index in [0.717, 1.165) is 42.9 Å². The largest absolute Gasteiger partial charge is 0.491 e. The van der Waals surface area contributed by atoms with Crippen LogP contribution >= 0.6 is 11.3 Å². The number of thiophene rings is 1. The molecule has 1 atom stereocenters. The topological polar surface area (TPSA) is 140 Å². The van der Waals surface area contributed by atoms with Crippen molar-refractivity contribution in [2.45, 2.75) is 25.1 Å². The highest BCUT2D eigenvalue weighted by atomic mass is 32.1. The van der Waals surface area contributed by atoms with Crippen molar-refractivity contribution in [3.05, 3.63) is 51.2 Å². The third kappa shape index (κ3) is 7.29. The fraction of sp³-hybridized carbons (Fsp3) is 0.273.